The summed E-state index contributed by atoms with van der Waals surface area (Å²) in [4.78, 5) is 6.79. The van der Waals surface area contributed by atoms with Crippen LogP contribution in [0, 0.1) is 6.92 Å². The third-order valence-electron chi connectivity index (χ3n) is 3.11. The summed E-state index contributed by atoms with van der Waals surface area (Å²) >= 11 is 0. The number of aryl methyl sites for hydroxylation is 1. The molecule has 86 valence electrons. The zero-order chi connectivity index (χ0) is 11.5. The molecule has 1 aliphatic heterocycles. The Morgan fingerprint density at radius 3 is 2.75 bits per heavy atom. The van der Waals surface area contributed by atoms with Gasteiger partial charge in [0.05, 0.1) is 6.61 Å². The molecule has 16 heavy (non-hydrogen) atoms. The minimum Gasteiger partial charge on any atom is -0.392 e. The first kappa shape index (κ1) is 11.1. The number of anilines is 1. The zero-order valence-electron chi connectivity index (χ0n) is 9.90. The molecule has 3 heteroatoms. The van der Waals surface area contributed by atoms with Crippen LogP contribution < -0.4 is 4.90 Å². The maximum absolute atomic E-state index is 9.09. The van der Waals surface area contributed by atoms with Crippen LogP contribution in [-0.2, 0) is 6.61 Å². The molecule has 3 nitrogen and oxygen atoms in total. The fourth-order valence-corrected chi connectivity index (χ4v) is 1.90. The molecule has 0 saturated heterocycles. The van der Waals surface area contributed by atoms with Gasteiger partial charge in [-0.1, -0.05) is 17.7 Å². The van der Waals surface area contributed by atoms with Crippen molar-refractivity contribution in [2.24, 2.45) is 0 Å². The SMILES string of the molecule is CC1=CCN(c2ccc(CO)c(C)n2)CC1. The van der Waals surface area contributed by atoms with E-state index >= 15 is 0 Å². The smallest absolute Gasteiger partial charge is 0.129 e. The van der Waals surface area contributed by atoms with Crippen LogP contribution in [-0.4, -0.2) is 23.2 Å². The van der Waals surface area contributed by atoms with Crippen molar-refractivity contribution in [3.8, 4) is 0 Å². The number of aliphatic hydroxyl groups is 1. The van der Waals surface area contributed by atoms with E-state index in [1.807, 2.05) is 19.1 Å². The number of aliphatic hydroxyl groups excluding tert-OH is 1. The van der Waals surface area contributed by atoms with Gasteiger partial charge in [-0.3, -0.25) is 0 Å². The molecule has 2 heterocycles. The number of nitrogens with zero attached hydrogens (tertiary/aromatic N) is 2. The first-order chi connectivity index (χ1) is 7.70. The molecular weight excluding hydrogens is 200 g/mol. The number of aromatic nitrogens is 1. The van der Waals surface area contributed by atoms with Gasteiger partial charge in [-0.25, -0.2) is 4.98 Å². The second kappa shape index (κ2) is 4.66. The Balaban J connectivity index is 2.19. The second-order valence-electron chi connectivity index (χ2n) is 4.32. The van der Waals surface area contributed by atoms with Crippen LogP contribution >= 0.6 is 0 Å². The summed E-state index contributed by atoms with van der Waals surface area (Å²) in [7, 11) is 0. The summed E-state index contributed by atoms with van der Waals surface area (Å²) in [6.07, 6.45) is 3.36. The van der Waals surface area contributed by atoms with E-state index in [0.717, 1.165) is 36.6 Å². The minimum atomic E-state index is 0.0676. The monoisotopic (exact) mass is 218 g/mol. The van der Waals surface area contributed by atoms with Gasteiger partial charge in [0, 0.05) is 18.8 Å². The van der Waals surface area contributed by atoms with Crippen molar-refractivity contribution < 1.29 is 5.11 Å². The number of hydrogen-bond acceptors (Lipinski definition) is 3. The van der Waals surface area contributed by atoms with Crippen molar-refractivity contribution in [2.75, 3.05) is 18.0 Å². The second-order valence-corrected chi connectivity index (χ2v) is 4.32. The predicted molar refractivity (Wildman–Crippen MR) is 65.5 cm³/mol. The largest absolute Gasteiger partial charge is 0.392 e. The summed E-state index contributed by atoms with van der Waals surface area (Å²) in [6.45, 7) is 6.16. The first-order valence-corrected chi connectivity index (χ1v) is 5.68. The number of hydrogen-bond donors (Lipinski definition) is 1. The van der Waals surface area contributed by atoms with Gasteiger partial charge >= 0.3 is 0 Å². The zero-order valence-corrected chi connectivity index (χ0v) is 9.90. The molecule has 0 spiro atoms. The highest BCUT2D eigenvalue weighted by molar-refractivity contribution is 5.43. The van der Waals surface area contributed by atoms with Crippen molar-refractivity contribution in [2.45, 2.75) is 26.9 Å². The van der Waals surface area contributed by atoms with E-state index in [0.29, 0.717) is 0 Å². The Morgan fingerprint density at radius 2 is 2.19 bits per heavy atom. The standard InChI is InChI=1S/C13H18N2O/c1-10-5-7-15(8-6-10)13-4-3-12(9-16)11(2)14-13/h3-5,16H,6-9H2,1-2H3. The summed E-state index contributed by atoms with van der Waals surface area (Å²) in [6, 6.07) is 3.95. The van der Waals surface area contributed by atoms with Gasteiger partial charge in [0.1, 0.15) is 5.82 Å². The van der Waals surface area contributed by atoms with E-state index in [9.17, 15) is 0 Å². The Labute approximate surface area is 96.4 Å². The van der Waals surface area contributed by atoms with Crippen LogP contribution in [0.5, 0.6) is 0 Å². The highest BCUT2D eigenvalue weighted by atomic mass is 16.3. The molecule has 1 aromatic heterocycles. The molecule has 0 bridgehead atoms. The Bertz CT molecular complexity index is 412. The van der Waals surface area contributed by atoms with Crippen molar-refractivity contribution >= 4 is 5.82 Å². The molecule has 1 aromatic rings. The fourth-order valence-electron chi connectivity index (χ4n) is 1.90. The van der Waals surface area contributed by atoms with Crippen LogP contribution in [0.15, 0.2) is 23.8 Å². The molecule has 0 saturated carbocycles. The summed E-state index contributed by atoms with van der Waals surface area (Å²) < 4.78 is 0. The summed E-state index contributed by atoms with van der Waals surface area (Å²) in [5, 5.41) is 9.09. The average Bonchev–Trinajstić information content (AvgIpc) is 2.30. The van der Waals surface area contributed by atoms with Gasteiger partial charge < -0.3 is 10.0 Å². The van der Waals surface area contributed by atoms with Crippen LogP contribution in [0.25, 0.3) is 0 Å². The van der Waals surface area contributed by atoms with Gasteiger partial charge in [0.15, 0.2) is 0 Å². The van der Waals surface area contributed by atoms with Crippen molar-refractivity contribution in [3.05, 3.63) is 35.0 Å². The third kappa shape index (κ3) is 2.25. The van der Waals surface area contributed by atoms with Crippen LogP contribution in [0.2, 0.25) is 0 Å². The Kier molecular flexibility index (Phi) is 3.25. The van der Waals surface area contributed by atoms with Gasteiger partial charge in [0.2, 0.25) is 0 Å². The third-order valence-corrected chi connectivity index (χ3v) is 3.11. The highest BCUT2D eigenvalue weighted by Crippen LogP contribution is 2.19. The van der Waals surface area contributed by atoms with E-state index in [2.05, 4.69) is 22.9 Å². The topological polar surface area (TPSA) is 36.4 Å². The lowest BCUT2D eigenvalue weighted by Crippen LogP contribution is -2.29. The van der Waals surface area contributed by atoms with Crippen LogP contribution in [0.1, 0.15) is 24.6 Å². The minimum absolute atomic E-state index is 0.0676. The van der Waals surface area contributed by atoms with E-state index in [1.165, 1.54) is 5.57 Å². The molecular formula is C13H18N2O. The number of rotatable bonds is 2. The maximum atomic E-state index is 9.09. The van der Waals surface area contributed by atoms with Gasteiger partial charge in [-0.15, -0.1) is 0 Å². The predicted octanol–water partition coefficient (Wildman–Crippen LogP) is 2.04. The lowest BCUT2D eigenvalue weighted by atomic mass is 10.1. The maximum Gasteiger partial charge on any atom is 0.129 e. The molecule has 0 atom stereocenters. The highest BCUT2D eigenvalue weighted by Gasteiger charge is 2.11. The Morgan fingerprint density at radius 1 is 1.38 bits per heavy atom. The van der Waals surface area contributed by atoms with Gasteiger partial charge in [0.25, 0.3) is 0 Å². The molecule has 1 N–H and O–H groups in total. The fraction of sp³-hybridized carbons (Fsp3) is 0.462. The van der Waals surface area contributed by atoms with E-state index in [4.69, 9.17) is 5.11 Å². The summed E-state index contributed by atoms with van der Waals surface area (Å²) in [5.41, 5.74) is 3.29. The van der Waals surface area contributed by atoms with Crippen LogP contribution in [0.4, 0.5) is 5.82 Å². The molecule has 0 fully saturated rings. The van der Waals surface area contributed by atoms with Gasteiger partial charge in [-0.2, -0.15) is 0 Å². The molecule has 0 amide bonds. The van der Waals surface area contributed by atoms with Crippen molar-refractivity contribution in [1.29, 1.82) is 0 Å². The van der Waals surface area contributed by atoms with Crippen molar-refractivity contribution in [3.63, 3.8) is 0 Å². The average molecular weight is 218 g/mol. The molecule has 2 rings (SSSR count). The van der Waals surface area contributed by atoms with E-state index in [-0.39, 0.29) is 6.61 Å². The van der Waals surface area contributed by atoms with E-state index in [1.54, 1.807) is 0 Å². The number of pyridine rings is 1. The molecule has 0 aliphatic carbocycles. The first-order valence-electron chi connectivity index (χ1n) is 5.68. The molecule has 1 aliphatic rings. The molecule has 0 radical (unpaired) electrons. The lowest BCUT2D eigenvalue weighted by molar-refractivity contribution is 0.280. The summed E-state index contributed by atoms with van der Waals surface area (Å²) in [5.74, 6) is 1.01. The Hall–Kier alpha value is -1.35. The normalized spacial score (nSPS) is 16.2. The molecule has 0 aromatic carbocycles. The quantitative estimate of drug-likeness (QED) is 0.772. The van der Waals surface area contributed by atoms with Crippen LogP contribution in [0.3, 0.4) is 0 Å². The van der Waals surface area contributed by atoms with E-state index < -0.39 is 0 Å². The molecule has 0 unspecified atom stereocenters. The van der Waals surface area contributed by atoms with Crippen molar-refractivity contribution in [1.82, 2.24) is 4.98 Å². The lowest BCUT2D eigenvalue weighted by Gasteiger charge is -2.27. The van der Waals surface area contributed by atoms with Gasteiger partial charge in [-0.05, 0) is 31.9 Å².